The molecule has 14 heavy (non-hydrogen) atoms. The van der Waals surface area contributed by atoms with Gasteiger partial charge in [-0.2, -0.15) is 0 Å². The van der Waals surface area contributed by atoms with Gasteiger partial charge in [-0.1, -0.05) is 13.8 Å². The number of aliphatic hydroxyl groups is 1. The number of fused-ring (bicyclic) bond motifs is 2. The molecule has 5 atom stereocenters. The SMILES string of the molecule is CC1CC(C)(O)OC2(C)CC(C)C1O2. The smallest absolute Gasteiger partial charge is 0.169 e. The molecule has 82 valence electrons. The summed E-state index contributed by atoms with van der Waals surface area (Å²) >= 11 is 0. The lowest BCUT2D eigenvalue weighted by molar-refractivity contribution is -0.313. The predicted molar refractivity (Wildman–Crippen MR) is 52.5 cm³/mol. The molecule has 0 saturated carbocycles. The van der Waals surface area contributed by atoms with E-state index in [1.165, 1.54) is 0 Å². The highest BCUT2D eigenvalue weighted by atomic mass is 16.8. The van der Waals surface area contributed by atoms with Crippen LogP contribution in [0.2, 0.25) is 0 Å². The van der Waals surface area contributed by atoms with E-state index in [1.54, 1.807) is 6.92 Å². The van der Waals surface area contributed by atoms with Crippen LogP contribution >= 0.6 is 0 Å². The van der Waals surface area contributed by atoms with E-state index in [0.717, 1.165) is 6.42 Å². The average Bonchev–Trinajstić information content (AvgIpc) is 2.18. The van der Waals surface area contributed by atoms with E-state index in [-0.39, 0.29) is 6.10 Å². The Morgan fingerprint density at radius 2 is 1.71 bits per heavy atom. The first kappa shape index (κ1) is 10.4. The first-order valence-electron chi connectivity index (χ1n) is 5.42. The van der Waals surface area contributed by atoms with Gasteiger partial charge in [0.05, 0.1) is 6.10 Å². The van der Waals surface area contributed by atoms with E-state index in [9.17, 15) is 5.11 Å². The van der Waals surface area contributed by atoms with Gasteiger partial charge < -0.3 is 14.6 Å². The van der Waals surface area contributed by atoms with Crippen LogP contribution in [0.15, 0.2) is 0 Å². The number of ether oxygens (including phenoxy) is 2. The maximum absolute atomic E-state index is 10.00. The molecule has 2 rings (SSSR count). The van der Waals surface area contributed by atoms with Gasteiger partial charge in [0.25, 0.3) is 0 Å². The fourth-order valence-electron chi connectivity index (χ4n) is 3.12. The van der Waals surface area contributed by atoms with Crippen molar-refractivity contribution >= 4 is 0 Å². The second kappa shape index (κ2) is 2.94. The standard InChI is InChI=1S/C11H20O3/c1-7-5-10(3,12)14-11(4)6-8(2)9(7)13-11/h7-9,12H,5-6H2,1-4H3. The minimum Gasteiger partial charge on any atom is -0.366 e. The molecule has 0 spiro atoms. The molecule has 2 bridgehead atoms. The summed E-state index contributed by atoms with van der Waals surface area (Å²) in [6.07, 6.45) is 1.75. The lowest BCUT2D eigenvalue weighted by Crippen LogP contribution is -2.40. The Bertz CT molecular complexity index is 239. The molecule has 3 heteroatoms. The fourth-order valence-corrected chi connectivity index (χ4v) is 3.12. The monoisotopic (exact) mass is 200 g/mol. The molecule has 2 aliphatic rings. The zero-order chi connectivity index (χ0) is 10.6. The number of hydrogen-bond acceptors (Lipinski definition) is 3. The van der Waals surface area contributed by atoms with Crippen LogP contribution in [0.25, 0.3) is 0 Å². The van der Waals surface area contributed by atoms with E-state index < -0.39 is 11.6 Å². The van der Waals surface area contributed by atoms with E-state index in [1.807, 2.05) is 6.92 Å². The van der Waals surface area contributed by atoms with Gasteiger partial charge in [0.2, 0.25) is 0 Å². The molecule has 0 aromatic carbocycles. The van der Waals surface area contributed by atoms with E-state index in [2.05, 4.69) is 13.8 Å². The van der Waals surface area contributed by atoms with Gasteiger partial charge in [-0.3, -0.25) is 0 Å². The van der Waals surface area contributed by atoms with E-state index in [0.29, 0.717) is 18.3 Å². The van der Waals surface area contributed by atoms with E-state index >= 15 is 0 Å². The van der Waals surface area contributed by atoms with Crippen molar-refractivity contribution < 1.29 is 14.6 Å². The topological polar surface area (TPSA) is 38.7 Å². The summed E-state index contributed by atoms with van der Waals surface area (Å²) in [6, 6.07) is 0. The zero-order valence-corrected chi connectivity index (χ0v) is 9.41. The van der Waals surface area contributed by atoms with Gasteiger partial charge in [-0.25, -0.2) is 0 Å². The Morgan fingerprint density at radius 3 is 2.36 bits per heavy atom. The van der Waals surface area contributed by atoms with Gasteiger partial charge in [-0.15, -0.1) is 0 Å². The molecule has 2 heterocycles. The van der Waals surface area contributed by atoms with Gasteiger partial charge in [0, 0.05) is 12.8 Å². The van der Waals surface area contributed by atoms with Crippen LogP contribution in [0.5, 0.6) is 0 Å². The molecular weight excluding hydrogens is 180 g/mol. The molecule has 1 N–H and O–H groups in total. The third kappa shape index (κ3) is 1.69. The first-order valence-corrected chi connectivity index (χ1v) is 5.42. The van der Waals surface area contributed by atoms with Gasteiger partial charge in [0.15, 0.2) is 11.6 Å². The van der Waals surface area contributed by atoms with Gasteiger partial charge >= 0.3 is 0 Å². The van der Waals surface area contributed by atoms with Crippen molar-refractivity contribution in [3.63, 3.8) is 0 Å². The molecule has 0 aliphatic carbocycles. The maximum atomic E-state index is 10.00. The number of rotatable bonds is 0. The summed E-state index contributed by atoms with van der Waals surface area (Å²) in [4.78, 5) is 0. The summed E-state index contributed by atoms with van der Waals surface area (Å²) in [6.45, 7) is 7.96. The minimum atomic E-state index is -1.04. The zero-order valence-electron chi connectivity index (χ0n) is 9.41. The highest BCUT2D eigenvalue weighted by Crippen LogP contribution is 2.46. The summed E-state index contributed by atoms with van der Waals surface area (Å²) in [5.74, 6) is -0.753. The van der Waals surface area contributed by atoms with Crippen LogP contribution in [-0.2, 0) is 9.47 Å². The Kier molecular flexibility index (Phi) is 2.18. The first-order chi connectivity index (χ1) is 6.31. The van der Waals surface area contributed by atoms with Crippen LogP contribution in [0.4, 0.5) is 0 Å². The molecule has 0 radical (unpaired) electrons. The molecule has 0 aromatic heterocycles. The van der Waals surface area contributed by atoms with Crippen molar-refractivity contribution in [2.75, 3.05) is 0 Å². The molecule has 2 aliphatic heterocycles. The molecule has 0 amide bonds. The quantitative estimate of drug-likeness (QED) is 0.649. The molecular formula is C11H20O3. The van der Waals surface area contributed by atoms with Gasteiger partial charge in [0.1, 0.15) is 0 Å². The van der Waals surface area contributed by atoms with Crippen molar-refractivity contribution in [3.8, 4) is 0 Å². The van der Waals surface area contributed by atoms with Crippen LogP contribution in [0, 0.1) is 11.8 Å². The van der Waals surface area contributed by atoms with Crippen LogP contribution in [0.1, 0.15) is 40.5 Å². The second-order valence-corrected chi connectivity index (χ2v) is 5.36. The minimum absolute atomic E-state index is 0.231. The molecule has 5 unspecified atom stereocenters. The van der Waals surface area contributed by atoms with Crippen LogP contribution in [0.3, 0.4) is 0 Å². The van der Waals surface area contributed by atoms with Crippen LogP contribution in [-0.4, -0.2) is 22.8 Å². The third-order valence-corrected chi connectivity index (χ3v) is 3.34. The predicted octanol–water partition coefficient (Wildman–Crippen LogP) is 1.89. The fraction of sp³-hybridized carbons (Fsp3) is 1.00. The Hall–Kier alpha value is -0.120. The Labute approximate surface area is 85.4 Å². The highest BCUT2D eigenvalue weighted by molar-refractivity contribution is 4.91. The molecule has 0 aromatic rings. The summed E-state index contributed by atoms with van der Waals surface area (Å²) in [5, 5.41) is 10.00. The number of hydrogen-bond donors (Lipinski definition) is 1. The third-order valence-electron chi connectivity index (χ3n) is 3.34. The van der Waals surface area contributed by atoms with Crippen molar-refractivity contribution in [1.82, 2.24) is 0 Å². The molecule has 2 fully saturated rings. The van der Waals surface area contributed by atoms with Crippen molar-refractivity contribution in [1.29, 1.82) is 0 Å². The van der Waals surface area contributed by atoms with Crippen molar-refractivity contribution in [2.24, 2.45) is 11.8 Å². The second-order valence-electron chi connectivity index (χ2n) is 5.36. The molecule has 2 saturated heterocycles. The summed E-state index contributed by atoms with van der Waals surface area (Å²) in [7, 11) is 0. The van der Waals surface area contributed by atoms with Crippen LogP contribution < -0.4 is 0 Å². The largest absolute Gasteiger partial charge is 0.366 e. The van der Waals surface area contributed by atoms with Crippen molar-refractivity contribution in [3.05, 3.63) is 0 Å². The average molecular weight is 200 g/mol. The summed E-state index contributed by atoms with van der Waals surface area (Å²) < 4.78 is 11.5. The highest BCUT2D eigenvalue weighted by Gasteiger charge is 2.51. The lowest BCUT2D eigenvalue weighted by atomic mass is 9.86. The molecule has 3 nitrogen and oxygen atoms in total. The maximum Gasteiger partial charge on any atom is 0.169 e. The Balaban J connectivity index is 2.26. The van der Waals surface area contributed by atoms with Gasteiger partial charge in [-0.05, 0) is 25.7 Å². The normalized spacial score (nSPS) is 58.5. The van der Waals surface area contributed by atoms with E-state index in [4.69, 9.17) is 9.47 Å². The lowest BCUT2D eigenvalue weighted by Gasteiger charge is -2.33. The summed E-state index contributed by atoms with van der Waals surface area (Å²) in [5.41, 5.74) is 0. The van der Waals surface area contributed by atoms with Crippen molar-refractivity contribution in [2.45, 2.75) is 58.2 Å². The Morgan fingerprint density at radius 1 is 1.14 bits per heavy atom.